The Morgan fingerprint density at radius 1 is 1.27 bits per heavy atom. The minimum absolute atomic E-state index is 0.498. The van der Waals surface area contributed by atoms with E-state index < -0.39 is 0 Å². The van der Waals surface area contributed by atoms with Crippen LogP contribution in [0.1, 0.15) is 25.1 Å². The van der Waals surface area contributed by atoms with Crippen molar-refractivity contribution in [1.82, 2.24) is 10.3 Å². The summed E-state index contributed by atoms with van der Waals surface area (Å²) in [5.74, 6) is 0. The largest absolute Gasteiger partial charge is 0.316 e. The SMILES string of the molecule is CNC(C)C(C)Sc1cc(C)cc(C)n1. The van der Waals surface area contributed by atoms with Crippen LogP contribution < -0.4 is 5.32 Å². The number of rotatable bonds is 4. The maximum atomic E-state index is 4.53. The molecule has 0 aromatic carbocycles. The van der Waals surface area contributed by atoms with Crippen LogP contribution in [-0.4, -0.2) is 23.3 Å². The molecule has 2 unspecified atom stereocenters. The first-order chi connectivity index (χ1) is 7.02. The molecule has 1 rings (SSSR count). The molecule has 1 aromatic heterocycles. The standard InChI is InChI=1S/C12H20N2S/c1-8-6-9(2)14-12(7-8)15-11(4)10(3)13-5/h6-7,10-11,13H,1-5H3. The molecule has 0 bridgehead atoms. The zero-order valence-corrected chi connectivity index (χ0v) is 11.0. The van der Waals surface area contributed by atoms with Crippen LogP contribution in [0.2, 0.25) is 0 Å². The van der Waals surface area contributed by atoms with Crippen molar-refractivity contribution < 1.29 is 0 Å². The zero-order valence-electron chi connectivity index (χ0n) is 10.2. The van der Waals surface area contributed by atoms with Gasteiger partial charge in [0, 0.05) is 17.0 Å². The Hall–Kier alpha value is -0.540. The van der Waals surface area contributed by atoms with Crippen molar-refractivity contribution in [2.45, 2.75) is 44.0 Å². The number of nitrogens with zero attached hydrogens (tertiary/aromatic N) is 1. The Morgan fingerprint density at radius 2 is 1.93 bits per heavy atom. The first kappa shape index (κ1) is 12.5. The van der Waals surface area contributed by atoms with Crippen LogP contribution in [0.25, 0.3) is 0 Å². The number of aryl methyl sites for hydroxylation is 2. The summed E-state index contributed by atoms with van der Waals surface area (Å²) in [6.45, 7) is 8.58. The van der Waals surface area contributed by atoms with E-state index in [1.54, 1.807) is 0 Å². The van der Waals surface area contributed by atoms with Crippen LogP contribution in [0, 0.1) is 13.8 Å². The second-order valence-corrected chi connectivity index (χ2v) is 5.42. The van der Waals surface area contributed by atoms with Crippen molar-refractivity contribution in [3.63, 3.8) is 0 Å². The summed E-state index contributed by atoms with van der Waals surface area (Å²) < 4.78 is 0. The topological polar surface area (TPSA) is 24.9 Å². The molecule has 1 N–H and O–H groups in total. The highest BCUT2D eigenvalue weighted by Crippen LogP contribution is 2.24. The number of nitrogens with one attached hydrogen (secondary N) is 1. The third-order valence-electron chi connectivity index (χ3n) is 2.54. The monoisotopic (exact) mass is 224 g/mol. The molecule has 0 spiro atoms. The third-order valence-corrected chi connectivity index (χ3v) is 3.77. The molecular formula is C12H20N2S. The number of hydrogen-bond acceptors (Lipinski definition) is 3. The van der Waals surface area contributed by atoms with Crippen molar-refractivity contribution in [3.05, 3.63) is 23.4 Å². The molecule has 2 atom stereocenters. The fraction of sp³-hybridized carbons (Fsp3) is 0.583. The molecule has 0 saturated heterocycles. The Balaban J connectivity index is 2.72. The molecule has 0 saturated carbocycles. The highest BCUT2D eigenvalue weighted by Gasteiger charge is 2.12. The van der Waals surface area contributed by atoms with Crippen LogP contribution in [0.4, 0.5) is 0 Å². The first-order valence-electron chi connectivity index (χ1n) is 5.32. The minimum Gasteiger partial charge on any atom is -0.316 e. The summed E-state index contributed by atoms with van der Waals surface area (Å²) in [5.41, 5.74) is 2.39. The fourth-order valence-corrected chi connectivity index (χ4v) is 2.56. The van der Waals surface area contributed by atoms with Crippen LogP contribution in [0.5, 0.6) is 0 Å². The smallest absolute Gasteiger partial charge is 0.0968 e. The molecule has 0 aliphatic rings. The summed E-state index contributed by atoms with van der Waals surface area (Å²) in [5, 5.41) is 4.92. The van der Waals surface area contributed by atoms with Gasteiger partial charge in [-0.3, -0.25) is 0 Å². The van der Waals surface area contributed by atoms with Crippen LogP contribution in [-0.2, 0) is 0 Å². The predicted molar refractivity (Wildman–Crippen MR) is 67.6 cm³/mol. The van der Waals surface area contributed by atoms with Gasteiger partial charge in [0.15, 0.2) is 0 Å². The summed E-state index contributed by atoms with van der Waals surface area (Å²) >= 11 is 1.83. The third kappa shape index (κ3) is 3.84. The van der Waals surface area contributed by atoms with Crippen LogP contribution >= 0.6 is 11.8 Å². The van der Waals surface area contributed by atoms with Gasteiger partial charge in [-0.05, 0) is 45.5 Å². The molecule has 1 heterocycles. The highest BCUT2D eigenvalue weighted by atomic mass is 32.2. The average Bonchev–Trinajstić information content (AvgIpc) is 2.14. The normalized spacial score (nSPS) is 15.0. The molecule has 1 aromatic rings. The quantitative estimate of drug-likeness (QED) is 0.796. The van der Waals surface area contributed by atoms with Gasteiger partial charge in [0.1, 0.15) is 0 Å². The van der Waals surface area contributed by atoms with Crippen molar-refractivity contribution in [2.75, 3.05) is 7.05 Å². The van der Waals surface area contributed by atoms with E-state index in [9.17, 15) is 0 Å². The van der Waals surface area contributed by atoms with E-state index >= 15 is 0 Å². The maximum Gasteiger partial charge on any atom is 0.0968 e. The number of thioether (sulfide) groups is 1. The van der Waals surface area contributed by atoms with E-state index in [0.717, 1.165) is 10.7 Å². The van der Waals surface area contributed by atoms with Crippen molar-refractivity contribution in [2.24, 2.45) is 0 Å². The summed E-state index contributed by atoms with van der Waals surface area (Å²) in [7, 11) is 2.00. The number of aromatic nitrogens is 1. The zero-order chi connectivity index (χ0) is 11.4. The molecule has 0 fully saturated rings. The summed E-state index contributed by atoms with van der Waals surface area (Å²) in [6.07, 6.45) is 0. The van der Waals surface area contributed by atoms with Gasteiger partial charge in [-0.25, -0.2) is 4.98 Å². The lowest BCUT2D eigenvalue weighted by Gasteiger charge is -2.18. The molecule has 3 heteroatoms. The van der Waals surface area contributed by atoms with Crippen LogP contribution in [0.15, 0.2) is 17.2 Å². The molecule has 84 valence electrons. The fourth-order valence-electron chi connectivity index (χ4n) is 1.39. The van der Waals surface area contributed by atoms with Gasteiger partial charge in [0.25, 0.3) is 0 Å². The molecular weight excluding hydrogens is 204 g/mol. The lowest BCUT2D eigenvalue weighted by atomic mass is 10.2. The molecule has 0 amide bonds. The molecule has 0 aliphatic heterocycles. The Bertz CT molecular complexity index is 305. The Morgan fingerprint density at radius 3 is 2.47 bits per heavy atom. The highest BCUT2D eigenvalue weighted by molar-refractivity contribution is 7.99. The Kier molecular flexibility index (Phi) is 4.61. The van der Waals surface area contributed by atoms with Crippen molar-refractivity contribution in [1.29, 1.82) is 0 Å². The number of hydrogen-bond donors (Lipinski definition) is 1. The summed E-state index contributed by atoms with van der Waals surface area (Å²) in [4.78, 5) is 4.53. The molecule has 15 heavy (non-hydrogen) atoms. The lowest BCUT2D eigenvalue weighted by Crippen LogP contribution is -2.30. The Labute approximate surface area is 96.9 Å². The van der Waals surface area contributed by atoms with E-state index in [2.05, 4.69) is 43.2 Å². The lowest BCUT2D eigenvalue weighted by molar-refractivity contribution is 0.605. The van der Waals surface area contributed by atoms with Gasteiger partial charge in [-0.2, -0.15) is 0 Å². The molecule has 0 radical (unpaired) electrons. The van der Waals surface area contributed by atoms with Gasteiger partial charge in [-0.1, -0.05) is 6.92 Å². The average molecular weight is 224 g/mol. The first-order valence-corrected chi connectivity index (χ1v) is 6.20. The molecule has 2 nitrogen and oxygen atoms in total. The van der Waals surface area contributed by atoms with E-state index in [0.29, 0.717) is 11.3 Å². The van der Waals surface area contributed by atoms with Crippen molar-refractivity contribution >= 4 is 11.8 Å². The van der Waals surface area contributed by atoms with Gasteiger partial charge < -0.3 is 5.32 Å². The summed E-state index contributed by atoms with van der Waals surface area (Å²) in [6, 6.07) is 4.75. The van der Waals surface area contributed by atoms with Gasteiger partial charge >= 0.3 is 0 Å². The van der Waals surface area contributed by atoms with E-state index in [1.165, 1.54) is 5.56 Å². The second-order valence-electron chi connectivity index (χ2n) is 4.02. The minimum atomic E-state index is 0.498. The van der Waals surface area contributed by atoms with E-state index in [1.807, 2.05) is 25.7 Å². The predicted octanol–water partition coefficient (Wildman–Crippen LogP) is 2.79. The van der Waals surface area contributed by atoms with Crippen molar-refractivity contribution in [3.8, 4) is 0 Å². The van der Waals surface area contributed by atoms with E-state index in [-0.39, 0.29) is 0 Å². The van der Waals surface area contributed by atoms with Gasteiger partial charge in [0.05, 0.1) is 5.03 Å². The van der Waals surface area contributed by atoms with E-state index in [4.69, 9.17) is 0 Å². The number of pyridine rings is 1. The van der Waals surface area contributed by atoms with Crippen LogP contribution in [0.3, 0.4) is 0 Å². The van der Waals surface area contributed by atoms with Gasteiger partial charge in [0.2, 0.25) is 0 Å². The van der Waals surface area contributed by atoms with Gasteiger partial charge in [-0.15, -0.1) is 11.8 Å². The second kappa shape index (κ2) is 5.52. The molecule has 0 aliphatic carbocycles. The maximum absolute atomic E-state index is 4.53.